The van der Waals surface area contributed by atoms with Gasteiger partial charge in [0.1, 0.15) is 10.8 Å². The standard InChI is InChI=1S/C7H6ClF3N2O.ClH/c8-4-1-2-5(12)13-6(4)14-3-7(9,10)11;/h1-2H,3H2,(H2,12,13);1H. The molecule has 0 aliphatic rings. The smallest absolute Gasteiger partial charge is 0.422 e. The lowest BCUT2D eigenvalue weighted by atomic mass is 10.4. The second-order valence-corrected chi connectivity index (χ2v) is 2.83. The lowest BCUT2D eigenvalue weighted by Crippen LogP contribution is -2.19. The van der Waals surface area contributed by atoms with E-state index in [4.69, 9.17) is 17.3 Å². The largest absolute Gasteiger partial charge is 0.467 e. The van der Waals surface area contributed by atoms with Gasteiger partial charge in [0.2, 0.25) is 5.88 Å². The van der Waals surface area contributed by atoms with E-state index >= 15 is 0 Å². The predicted molar refractivity (Wildman–Crippen MR) is 52.5 cm³/mol. The summed E-state index contributed by atoms with van der Waals surface area (Å²) in [5, 5.41) is -0.0107. The Labute approximate surface area is 94.8 Å². The van der Waals surface area contributed by atoms with Gasteiger partial charge in [0.05, 0.1) is 0 Å². The molecule has 0 fully saturated rings. The van der Waals surface area contributed by atoms with Gasteiger partial charge >= 0.3 is 6.18 Å². The Morgan fingerprint density at radius 1 is 1.40 bits per heavy atom. The maximum Gasteiger partial charge on any atom is 0.422 e. The van der Waals surface area contributed by atoms with E-state index in [1.165, 1.54) is 12.1 Å². The van der Waals surface area contributed by atoms with Crippen molar-refractivity contribution in [3.8, 4) is 5.88 Å². The van der Waals surface area contributed by atoms with E-state index in [1.54, 1.807) is 0 Å². The molecule has 0 atom stereocenters. The third-order valence-corrected chi connectivity index (χ3v) is 1.50. The first-order valence-electron chi connectivity index (χ1n) is 3.50. The van der Waals surface area contributed by atoms with Gasteiger partial charge in [0.15, 0.2) is 6.61 Å². The van der Waals surface area contributed by atoms with Crippen molar-refractivity contribution in [3.05, 3.63) is 17.2 Å². The maximum absolute atomic E-state index is 11.7. The normalized spacial score (nSPS) is 10.7. The van der Waals surface area contributed by atoms with E-state index in [0.29, 0.717) is 0 Å². The molecule has 0 aromatic carbocycles. The molecule has 0 saturated carbocycles. The maximum atomic E-state index is 11.7. The van der Waals surface area contributed by atoms with Crippen molar-refractivity contribution >= 4 is 29.8 Å². The number of aromatic nitrogens is 1. The number of hydrogen-bond donors (Lipinski definition) is 1. The first kappa shape index (κ1) is 14.1. The molecular formula is C7H7Cl2F3N2O. The minimum atomic E-state index is -4.42. The van der Waals surface area contributed by atoms with Crippen molar-refractivity contribution in [2.45, 2.75) is 6.18 Å². The summed E-state index contributed by atoms with van der Waals surface area (Å²) in [7, 11) is 0. The Morgan fingerprint density at radius 2 is 2.00 bits per heavy atom. The van der Waals surface area contributed by atoms with E-state index in [2.05, 4.69) is 9.72 Å². The molecule has 0 aliphatic heterocycles. The van der Waals surface area contributed by atoms with Gasteiger partial charge in [-0.05, 0) is 12.1 Å². The van der Waals surface area contributed by atoms with Gasteiger partial charge in [-0.1, -0.05) is 11.6 Å². The highest BCUT2D eigenvalue weighted by molar-refractivity contribution is 6.31. The molecule has 15 heavy (non-hydrogen) atoms. The van der Waals surface area contributed by atoms with Gasteiger partial charge in [-0.25, -0.2) is 0 Å². The predicted octanol–water partition coefficient (Wildman–Crippen LogP) is 2.68. The molecule has 0 spiro atoms. The van der Waals surface area contributed by atoms with Gasteiger partial charge in [0.25, 0.3) is 0 Å². The summed E-state index contributed by atoms with van der Waals surface area (Å²) in [6.45, 7) is -1.44. The summed E-state index contributed by atoms with van der Waals surface area (Å²) in [5.41, 5.74) is 5.24. The highest BCUT2D eigenvalue weighted by Crippen LogP contribution is 2.24. The monoisotopic (exact) mass is 262 g/mol. The Balaban J connectivity index is 0.00000196. The van der Waals surface area contributed by atoms with Crippen LogP contribution < -0.4 is 10.5 Å². The van der Waals surface area contributed by atoms with Crippen LogP contribution in [0.4, 0.5) is 19.0 Å². The van der Waals surface area contributed by atoms with E-state index in [1.807, 2.05) is 0 Å². The Kier molecular flexibility index (Phi) is 4.96. The molecule has 0 aliphatic carbocycles. The summed E-state index contributed by atoms with van der Waals surface area (Å²) in [5.74, 6) is -0.268. The number of anilines is 1. The highest BCUT2D eigenvalue weighted by Gasteiger charge is 2.29. The summed E-state index contributed by atoms with van der Waals surface area (Å²) < 4.78 is 39.6. The number of pyridine rings is 1. The Bertz CT molecular complexity index is 333. The topological polar surface area (TPSA) is 48.1 Å². The summed E-state index contributed by atoms with van der Waals surface area (Å²) in [6.07, 6.45) is -4.42. The van der Waals surface area contributed by atoms with Crippen LogP contribution in [0.5, 0.6) is 5.88 Å². The fourth-order valence-electron chi connectivity index (χ4n) is 0.689. The molecule has 0 bridgehead atoms. The lowest BCUT2D eigenvalue weighted by Gasteiger charge is -2.09. The summed E-state index contributed by atoms with van der Waals surface area (Å²) in [6, 6.07) is 2.68. The van der Waals surface area contributed by atoms with Crippen LogP contribution in [0.15, 0.2) is 12.1 Å². The van der Waals surface area contributed by atoms with E-state index in [-0.39, 0.29) is 29.1 Å². The van der Waals surface area contributed by atoms with Crippen molar-refractivity contribution in [1.29, 1.82) is 0 Å². The van der Waals surface area contributed by atoms with E-state index < -0.39 is 12.8 Å². The molecule has 2 N–H and O–H groups in total. The molecule has 1 rings (SSSR count). The number of hydrogen-bond acceptors (Lipinski definition) is 3. The van der Waals surface area contributed by atoms with Gasteiger partial charge in [-0.15, -0.1) is 12.4 Å². The molecule has 0 amide bonds. The number of nitrogens with two attached hydrogens (primary N) is 1. The van der Waals surface area contributed by atoms with Crippen LogP contribution in [0.2, 0.25) is 5.02 Å². The van der Waals surface area contributed by atoms with Crippen molar-refractivity contribution in [2.75, 3.05) is 12.3 Å². The molecular weight excluding hydrogens is 256 g/mol. The van der Waals surface area contributed by atoms with Crippen LogP contribution in [0.3, 0.4) is 0 Å². The van der Waals surface area contributed by atoms with Crippen LogP contribution in [0.25, 0.3) is 0 Å². The third-order valence-electron chi connectivity index (χ3n) is 1.21. The molecule has 1 heterocycles. The lowest BCUT2D eigenvalue weighted by molar-refractivity contribution is -0.154. The molecule has 86 valence electrons. The number of alkyl halides is 3. The van der Waals surface area contributed by atoms with Gasteiger partial charge < -0.3 is 10.5 Å². The number of ether oxygens (including phenoxy) is 1. The van der Waals surface area contributed by atoms with E-state index in [0.717, 1.165) is 0 Å². The minimum Gasteiger partial charge on any atom is -0.467 e. The zero-order valence-corrected chi connectivity index (χ0v) is 8.79. The second kappa shape index (κ2) is 5.27. The number of rotatable bonds is 2. The van der Waals surface area contributed by atoms with Crippen LogP contribution in [-0.2, 0) is 0 Å². The number of nitrogen functional groups attached to an aromatic ring is 1. The SMILES string of the molecule is Cl.Nc1ccc(Cl)c(OCC(F)(F)F)n1. The fraction of sp³-hybridized carbons (Fsp3) is 0.286. The number of halogens is 5. The van der Waals surface area contributed by atoms with Crippen LogP contribution in [0, 0.1) is 0 Å². The quantitative estimate of drug-likeness (QED) is 0.892. The van der Waals surface area contributed by atoms with Crippen molar-refractivity contribution in [2.24, 2.45) is 0 Å². The molecule has 0 unspecified atom stereocenters. The van der Waals surface area contributed by atoms with Crippen LogP contribution >= 0.6 is 24.0 Å². The fourth-order valence-corrected chi connectivity index (χ4v) is 0.849. The summed E-state index contributed by atoms with van der Waals surface area (Å²) >= 11 is 5.51. The van der Waals surface area contributed by atoms with Crippen LogP contribution in [0.1, 0.15) is 0 Å². The molecule has 8 heteroatoms. The van der Waals surface area contributed by atoms with Crippen molar-refractivity contribution < 1.29 is 17.9 Å². The number of nitrogens with zero attached hydrogens (tertiary/aromatic N) is 1. The van der Waals surface area contributed by atoms with Gasteiger partial charge in [-0.2, -0.15) is 18.2 Å². The molecule has 1 aromatic heterocycles. The second-order valence-electron chi connectivity index (χ2n) is 2.43. The zero-order valence-electron chi connectivity index (χ0n) is 7.21. The van der Waals surface area contributed by atoms with Gasteiger partial charge in [-0.3, -0.25) is 0 Å². The van der Waals surface area contributed by atoms with Crippen molar-refractivity contribution in [1.82, 2.24) is 4.98 Å². The molecule has 3 nitrogen and oxygen atoms in total. The van der Waals surface area contributed by atoms with E-state index in [9.17, 15) is 13.2 Å². The molecule has 0 saturated heterocycles. The first-order valence-corrected chi connectivity index (χ1v) is 3.88. The first-order chi connectivity index (χ1) is 6.38. The Morgan fingerprint density at radius 3 is 2.53 bits per heavy atom. The summed E-state index contributed by atoms with van der Waals surface area (Å²) in [4.78, 5) is 3.50. The highest BCUT2D eigenvalue weighted by atomic mass is 35.5. The Hall–Kier alpha value is -0.880. The minimum absolute atomic E-state index is 0. The molecule has 1 aromatic rings. The third kappa shape index (κ3) is 4.94. The van der Waals surface area contributed by atoms with Crippen molar-refractivity contribution in [3.63, 3.8) is 0 Å². The average Bonchev–Trinajstić information content (AvgIpc) is 2.05. The molecule has 0 radical (unpaired) electrons. The van der Waals surface area contributed by atoms with Crippen LogP contribution in [-0.4, -0.2) is 17.8 Å². The average molecular weight is 263 g/mol. The van der Waals surface area contributed by atoms with Gasteiger partial charge in [0, 0.05) is 0 Å². The zero-order chi connectivity index (χ0) is 10.8.